The summed E-state index contributed by atoms with van der Waals surface area (Å²) in [6.45, 7) is 4.62. The molecule has 1 amide bonds. The molecular weight excluding hydrogens is 436 g/mol. The van der Waals surface area contributed by atoms with E-state index in [0.717, 1.165) is 44.8 Å². The Kier molecular flexibility index (Phi) is 6.26. The van der Waals surface area contributed by atoms with Crippen molar-refractivity contribution in [1.29, 1.82) is 0 Å². The highest BCUT2D eigenvalue weighted by molar-refractivity contribution is 5.99. The molecule has 34 heavy (non-hydrogen) atoms. The fourth-order valence-electron chi connectivity index (χ4n) is 4.78. The van der Waals surface area contributed by atoms with E-state index in [1.807, 2.05) is 24.3 Å². The van der Waals surface area contributed by atoms with Crippen molar-refractivity contribution in [3.8, 4) is 11.5 Å². The van der Waals surface area contributed by atoms with Crippen molar-refractivity contribution in [3.05, 3.63) is 69.6 Å². The third kappa shape index (κ3) is 4.03. The Hall–Kier alpha value is -3.36. The van der Waals surface area contributed by atoms with Crippen LogP contribution in [0.1, 0.15) is 34.1 Å². The highest BCUT2D eigenvalue weighted by Crippen LogP contribution is 2.39. The molecule has 0 radical (unpaired) electrons. The van der Waals surface area contributed by atoms with Crippen LogP contribution in [0.15, 0.2) is 51.7 Å². The molecule has 1 saturated heterocycles. The van der Waals surface area contributed by atoms with Crippen molar-refractivity contribution in [2.45, 2.75) is 12.5 Å². The fraction of sp³-hybridized carbons (Fsp3) is 0.385. The number of morpholine rings is 1. The molecule has 8 nitrogen and oxygen atoms in total. The van der Waals surface area contributed by atoms with E-state index < -0.39 is 6.04 Å². The van der Waals surface area contributed by atoms with Gasteiger partial charge in [-0.15, -0.1) is 0 Å². The standard InChI is InChI=1S/C26H28N2O6/c1-31-18-6-4-17(5-7-18)23-22-24(29)20-9-8-19(32-2)16-21(20)34-25(22)26(30)28(23)11-3-10-27-12-14-33-15-13-27/h4-9,16,23H,3,10-15H2,1-2H3. The van der Waals surface area contributed by atoms with Crippen molar-refractivity contribution >= 4 is 16.9 Å². The van der Waals surface area contributed by atoms with Crippen LogP contribution in [0.2, 0.25) is 0 Å². The maximum Gasteiger partial charge on any atom is 0.290 e. The normalized spacial score (nSPS) is 18.4. The van der Waals surface area contributed by atoms with Crippen LogP contribution >= 0.6 is 0 Å². The van der Waals surface area contributed by atoms with Crippen LogP contribution in [-0.4, -0.2) is 69.3 Å². The monoisotopic (exact) mass is 464 g/mol. The minimum Gasteiger partial charge on any atom is -0.497 e. The number of carbonyl (C=O) groups excluding carboxylic acids is 1. The number of amides is 1. The summed E-state index contributed by atoms with van der Waals surface area (Å²) < 4.78 is 22.0. The lowest BCUT2D eigenvalue weighted by atomic mass is 9.98. The summed E-state index contributed by atoms with van der Waals surface area (Å²) in [7, 11) is 3.16. The van der Waals surface area contributed by atoms with Crippen LogP contribution in [0.5, 0.6) is 11.5 Å². The Bertz CT molecular complexity index is 1250. The molecule has 0 bridgehead atoms. The predicted octanol–water partition coefficient (Wildman–Crippen LogP) is 3.08. The molecule has 178 valence electrons. The molecule has 5 rings (SSSR count). The molecule has 1 fully saturated rings. The number of ether oxygens (including phenoxy) is 3. The van der Waals surface area contributed by atoms with E-state index in [0.29, 0.717) is 34.6 Å². The molecule has 1 atom stereocenters. The maximum atomic E-state index is 13.6. The molecule has 0 spiro atoms. The Morgan fingerprint density at radius 1 is 0.941 bits per heavy atom. The summed E-state index contributed by atoms with van der Waals surface area (Å²) in [5.41, 5.74) is 1.39. The van der Waals surface area contributed by atoms with Gasteiger partial charge in [-0.05, 0) is 36.2 Å². The largest absolute Gasteiger partial charge is 0.497 e. The van der Waals surface area contributed by atoms with Crippen molar-refractivity contribution in [3.63, 3.8) is 0 Å². The topological polar surface area (TPSA) is 81.5 Å². The van der Waals surface area contributed by atoms with Gasteiger partial charge in [-0.25, -0.2) is 0 Å². The fourth-order valence-corrected chi connectivity index (χ4v) is 4.78. The summed E-state index contributed by atoms with van der Waals surface area (Å²) in [6, 6.07) is 12.0. The molecule has 3 heterocycles. The van der Waals surface area contributed by atoms with Crippen molar-refractivity contribution in [1.82, 2.24) is 9.80 Å². The zero-order chi connectivity index (χ0) is 23.7. The quantitative estimate of drug-likeness (QED) is 0.532. The van der Waals surface area contributed by atoms with E-state index >= 15 is 0 Å². The van der Waals surface area contributed by atoms with Gasteiger partial charge in [0.15, 0.2) is 5.43 Å². The molecule has 0 aliphatic carbocycles. The van der Waals surface area contributed by atoms with E-state index in [1.54, 1.807) is 37.3 Å². The Labute approximate surface area is 197 Å². The molecule has 0 saturated carbocycles. The average molecular weight is 465 g/mol. The molecule has 2 aromatic carbocycles. The van der Waals surface area contributed by atoms with Gasteiger partial charge in [-0.1, -0.05) is 12.1 Å². The molecule has 0 N–H and O–H groups in total. The highest BCUT2D eigenvalue weighted by atomic mass is 16.5. The summed E-state index contributed by atoms with van der Waals surface area (Å²) in [4.78, 5) is 31.2. The maximum absolute atomic E-state index is 13.6. The van der Waals surface area contributed by atoms with E-state index in [1.165, 1.54) is 0 Å². The predicted molar refractivity (Wildman–Crippen MR) is 127 cm³/mol. The second kappa shape index (κ2) is 9.48. The van der Waals surface area contributed by atoms with E-state index in [9.17, 15) is 9.59 Å². The zero-order valence-electron chi connectivity index (χ0n) is 19.4. The minimum absolute atomic E-state index is 0.109. The molecule has 3 aromatic rings. The number of hydrogen-bond acceptors (Lipinski definition) is 7. The van der Waals surface area contributed by atoms with E-state index in [4.69, 9.17) is 18.6 Å². The third-order valence-electron chi connectivity index (χ3n) is 6.58. The van der Waals surface area contributed by atoms with Crippen molar-refractivity contribution < 1.29 is 23.4 Å². The van der Waals surface area contributed by atoms with E-state index in [2.05, 4.69) is 4.90 Å². The number of methoxy groups -OCH3 is 2. The summed E-state index contributed by atoms with van der Waals surface area (Å²) in [5, 5.41) is 0.432. The summed E-state index contributed by atoms with van der Waals surface area (Å²) in [6.07, 6.45) is 0.786. The number of benzene rings is 2. The van der Waals surface area contributed by atoms with E-state index in [-0.39, 0.29) is 17.1 Å². The first-order valence-corrected chi connectivity index (χ1v) is 11.5. The molecule has 1 unspecified atom stereocenters. The van der Waals surface area contributed by atoms with Crippen molar-refractivity contribution in [2.24, 2.45) is 0 Å². The second-order valence-corrected chi connectivity index (χ2v) is 8.52. The number of rotatable bonds is 7. The first-order valence-electron chi connectivity index (χ1n) is 11.5. The van der Waals surface area contributed by atoms with Crippen molar-refractivity contribution in [2.75, 3.05) is 53.6 Å². The Balaban J connectivity index is 1.53. The van der Waals surface area contributed by atoms with Gasteiger partial charge in [0, 0.05) is 32.2 Å². The van der Waals surface area contributed by atoms with Gasteiger partial charge in [0.05, 0.1) is 44.4 Å². The minimum atomic E-state index is -0.513. The van der Waals surface area contributed by atoms with Crippen LogP contribution in [0.25, 0.3) is 11.0 Å². The van der Waals surface area contributed by atoms with Gasteiger partial charge in [0.1, 0.15) is 17.1 Å². The lowest BCUT2D eigenvalue weighted by Gasteiger charge is -2.29. The third-order valence-corrected chi connectivity index (χ3v) is 6.58. The Morgan fingerprint density at radius 2 is 1.65 bits per heavy atom. The van der Waals surface area contributed by atoms with Crippen LogP contribution in [0.3, 0.4) is 0 Å². The summed E-state index contributed by atoms with van der Waals surface area (Å²) in [5.74, 6) is 1.12. The van der Waals surface area contributed by atoms with Crippen LogP contribution in [-0.2, 0) is 4.74 Å². The number of fused-ring (bicyclic) bond motifs is 2. The zero-order valence-corrected chi connectivity index (χ0v) is 19.4. The number of hydrogen-bond donors (Lipinski definition) is 0. The van der Waals surface area contributed by atoms with Crippen LogP contribution in [0.4, 0.5) is 0 Å². The molecule has 1 aromatic heterocycles. The van der Waals surface area contributed by atoms with Gasteiger partial charge in [-0.3, -0.25) is 14.5 Å². The van der Waals surface area contributed by atoms with Gasteiger partial charge in [-0.2, -0.15) is 0 Å². The van der Waals surface area contributed by atoms with Gasteiger partial charge in [0.25, 0.3) is 5.91 Å². The summed E-state index contributed by atoms with van der Waals surface area (Å²) >= 11 is 0. The Morgan fingerprint density at radius 3 is 2.35 bits per heavy atom. The lowest BCUT2D eigenvalue weighted by molar-refractivity contribution is 0.0353. The van der Waals surface area contributed by atoms with Crippen LogP contribution in [0, 0.1) is 0 Å². The molecule has 2 aliphatic heterocycles. The number of carbonyl (C=O) groups is 1. The SMILES string of the molecule is COc1ccc(C2c3c(oc4cc(OC)ccc4c3=O)C(=O)N2CCCN2CCOCC2)cc1. The molecule has 2 aliphatic rings. The second-order valence-electron chi connectivity index (χ2n) is 8.52. The smallest absolute Gasteiger partial charge is 0.290 e. The highest BCUT2D eigenvalue weighted by Gasteiger charge is 2.42. The first kappa shape index (κ1) is 22.4. The van der Waals surface area contributed by atoms with Gasteiger partial charge >= 0.3 is 0 Å². The van der Waals surface area contributed by atoms with Crippen LogP contribution < -0.4 is 14.9 Å². The molecular formula is C26H28N2O6. The first-order chi connectivity index (χ1) is 16.6. The van der Waals surface area contributed by atoms with Gasteiger partial charge < -0.3 is 23.5 Å². The number of nitrogens with zero attached hydrogens (tertiary/aromatic N) is 2. The molecule has 8 heteroatoms. The van der Waals surface area contributed by atoms with Gasteiger partial charge in [0.2, 0.25) is 5.76 Å². The average Bonchev–Trinajstić information content (AvgIpc) is 3.16. The lowest BCUT2D eigenvalue weighted by Crippen LogP contribution is -2.38.